The Morgan fingerprint density at radius 2 is 1.81 bits per heavy atom. The molecule has 0 fully saturated rings. The van der Waals surface area contributed by atoms with Crippen LogP contribution in [-0.4, -0.2) is 11.4 Å². The van der Waals surface area contributed by atoms with E-state index >= 15 is 0 Å². The fourth-order valence-corrected chi connectivity index (χ4v) is 2.03. The van der Waals surface area contributed by atoms with Gasteiger partial charge in [0.05, 0.1) is 0 Å². The van der Waals surface area contributed by atoms with Crippen LogP contribution in [0.5, 0.6) is 0 Å². The summed E-state index contributed by atoms with van der Waals surface area (Å²) >= 11 is 0. The molecule has 0 amide bonds. The lowest BCUT2D eigenvalue weighted by Gasteiger charge is -2.12. The van der Waals surface area contributed by atoms with Gasteiger partial charge in [0.2, 0.25) is 0 Å². The Morgan fingerprint density at radius 1 is 1.25 bits per heavy atom. The van der Waals surface area contributed by atoms with Crippen LogP contribution in [0.15, 0.2) is 12.1 Å². The highest BCUT2D eigenvalue weighted by atomic mass is 31.0. The maximum atomic E-state index is 12.1. The molecule has 0 aliphatic heterocycles. The van der Waals surface area contributed by atoms with E-state index in [1.54, 1.807) is 0 Å². The second-order valence-corrected chi connectivity index (χ2v) is 5.78. The van der Waals surface area contributed by atoms with Gasteiger partial charge in [0, 0.05) is 12.0 Å². The number of hydrogen-bond donors (Lipinski definition) is 0. The minimum atomic E-state index is 0.285. The number of rotatable bonds is 4. The van der Waals surface area contributed by atoms with Gasteiger partial charge in [0.1, 0.15) is 0 Å². The first-order chi connectivity index (χ1) is 7.43. The number of ketones is 1. The fraction of sp³-hybridized carbons (Fsp3) is 0.500. The fourth-order valence-electron chi connectivity index (χ4n) is 1.86. The molecular formula is C14H21OP. The van der Waals surface area contributed by atoms with E-state index in [-0.39, 0.29) is 5.78 Å². The highest BCUT2D eigenvalue weighted by Gasteiger charge is 2.13. The Balaban J connectivity index is 2.95. The molecule has 0 spiro atoms. The van der Waals surface area contributed by atoms with E-state index in [0.717, 1.165) is 23.1 Å². The molecule has 0 saturated heterocycles. The van der Waals surface area contributed by atoms with Gasteiger partial charge < -0.3 is 0 Å². The van der Waals surface area contributed by atoms with Crippen LogP contribution in [0.3, 0.4) is 0 Å². The number of aryl methyl sites for hydroxylation is 2. The first-order valence-corrected chi connectivity index (χ1v) is 6.45. The summed E-state index contributed by atoms with van der Waals surface area (Å²) in [5.74, 6) is 0.285. The average Bonchev–Trinajstić information content (AvgIpc) is 2.21. The number of benzene rings is 1. The van der Waals surface area contributed by atoms with Crippen molar-refractivity contribution < 1.29 is 4.79 Å². The summed E-state index contributed by atoms with van der Waals surface area (Å²) in [4.78, 5) is 12.1. The van der Waals surface area contributed by atoms with Crippen molar-refractivity contribution in [3.8, 4) is 0 Å². The number of Topliss-reactive ketones (excluding diaryl/α,β-unsaturated/α-hetero) is 1. The average molecular weight is 236 g/mol. The minimum Gasteiger partial charge on any atom is -0.294 e. The molecule has 0 radical (unpaired) electrons. The molecule has 1 aromatic carbocycles. The zero-order valence-electron chi connectivity index (χ0n) is 10.6. The minimum absolute atomic E-state index is 0.285. The van der Waals surface area contributed by atoms with Crippen molar-refractivity contribution in [1.82, 2.24) is 0 Å². The largest absolute Gasteiger partial charge is 0.294 e. The number of carbonyl (C=O) groups excluding carboxylic acids is 1. The molecule has 1 aromatic rings. The molecule has 0 aliphatic carbocycles. The lowest BCUT2D eigenvalue weighted by atomic mass is 9.93. The molecule has 88 valence electrons. The maximum absolute atomic E-state index is 12.1. The summed E-state index contributed by atoms with van der Waals surface area (Å²) < 4.78 is 0. The molecule has 0 aromatic heterocycles. The molecule has 2 atom stereocenters. The van der Waals surface area contributed by atoms with Crippen molar-refractivity contribution in [2.75, 3.05) is 0 Å². The molecule has 2 unspecified atom stereocenters. The maximum Gasteiger partial charge on any atom is 0.163 e. The highest BCUT2D eigenvalue weighted by Crippen LogP contribution is 2.21. The van der Waals surface area contributed by atoms with Crippen molar-refractivity contribution in [3.05, 3.63) is 34.4 Å². The summed E-state index contributed by atoms with van der Waals surface area (Å²) in [5.41, 5.74) is 4.89. The first-order valence-electron chi connectivity index (χ1n) is 5.79. The van der Waals surface area contributed by atoms with E-state index in [4.69, 9.17) is 0 Å². The Kier molecular flexibility index (Phi) is 4.68. The predicted molar refractivity (Wildman–Crippen MR) is 73.4 cm³/mol. The molecule has 1 nitrogen and oxygen atoms in total. The summed E-state index contributed by atoms with van der Waals surface area (Å²) in [7, 11) is 2.74. The topological polar surface area (TPSA) is 17.1 Å². The Morgan fingerprint density at radius 3 is 2.38 bits per heavy atom. The lowest BCUT2D eigenvalue weighted by molar-refractivity contribution is 0.0979. The third-order valence-electron chi connectivity index (χ3n) is 3.05. The van der Waals surface area contributed by atoms with Crippen LogP contribution in [0.25, 0.3) is 0 Å². The van der Waals surface area contributed by atoms with Gasteiger partial charge in [-0.15, -0.1) is 9.24 Å². The van der Waals surface area contributed by atoms with Crippen molar-refractivity contribution in [2.24, 2.45) is 0 Å². The molecule has 0 saturated carbocycles. The van der Waals surface area contributed by atoms with Gasteiger partial charge in [-0.25, -0.2) is 0 Å². The van der Waals surface area contributed by atoms with Crippen LogP contribution < -0.4 is 0 Å². The summed E-state index contributed by atoms with van der Waals surface area (Å²) in [5, 5.41) is 0. The summed E-state index contributed by atoms with van der Waals surface area (Å²) in [6.07, 6.45) is 1.59. The second-order valence-electron chi connectivity index (χ2n) is 4.64. The molecule has 2 heteroatoms. The van der Waals surface area contributed by atoms with Crippen LogP contribution in [-0.2, 0) is 0 Å². The van der Waals surface area contributed by atoms with Crippen LogP contribution in [0.1, 0.15) is 46.8 Å². The number of carbonyl (C=O) groups is 1. The van der Waals surface area contributed by atoms with Crippen molar-refractivity contribution in [3.63, 3.8) is 0 Å². The van der Waals surface area contributed by atoms with Crippen molar-refractivity contribution >= 4 is 15.0 Å². The van der Waals surface area contributed by atoms with Gasteiger partial charge in [-0.2, -0.15) is 0 Å². The second kappa shape index (κ2) is 5.59. The molecule has 0 heterocycles. The van der Waals surface area contributed by atoms with Gasteiger partial charge in [0.25, 0.3) is 0 Å². The van der Waals surface area contributed by atoms with Crippen LogP contribution in [0.4, 0.5) is 0 Å². The van der Waals surface area contributed by atoms with Gasteiger partial charge in [-0.1, -0.05) is 19.1 Å². The Labute approximate surface area is 101 Å². The van der Waals surface area contributed by atoms with Gasteiger partial charge >= 0.3 is 0 Å². The van der Waals surface area contributed by atoms with Crippen molar-refractivity contribution in [1.29, 1.82) is 0 Å². The molecule has 0 N–H and O–H groups in total. The van der Waals surface area contributed by atoms with Crippen LogP contribution in [0.2, 0.25) is 0 Å². The Hall–Kier alpha value is -0.680. The van der Waals surface area contributed by atoms with E-state index in [1.807, 2.05) is 19.9 Å². The summed E-state index contributed by atoms with van der Waals surface area (Å²) in [6, 6.07) is 4.12. The molecule has 1 rings (SSSR count). The van der Waals surface area contributed by atoms with E-state index < -0.39 is 0 Å². The molecule has 0 aliphatic rings. The van der Waals surface area contributed by atoms with Gasteiger partial charge in [-0.3, -0.25) is 4.79 Å². The zero-order valence-corrected chi connectivity index (χ0v) is 11.8. The molecule has 16 heavy (non-hydrogen) atoms. The van der Waals surface area contributed by atoms with Gasteiger partial charge in [0.15, 0.2) is 5.78 Å². The zero-order chi connectivity index (χ0) is 12.3. The van der Waals surface area contributed by atoms with Crippen LogP contribution in [0, 0.1) is 20.8 Å². The smallest absolute Gasteiger partial charge is 0.163 e. The Bertz CT molecular complexity index is 394. The standard InChI is InChI=1S/C14H21OP/c1-9-5-6-10(2)14(12(9)4)13(15)8-7-11(3)16/h5-6,11H,7-8,16H2,1-4H3. The van der Waals surface area contributed by atoms with E-state index in [1.165, 1.54) is 5.56 Å². The highest BCUT2D eigenvalue weighted by molar-refractivity contribution is 7.17. The predicted octanol–water partition coefficient (Wildman–Crippen LogP) is 3.84. The quantitative estimate of drug-likeness (QED) is 0.573. The third kappa shape index (κ3) is 3.15. The van der Waals surface area contributed by atoms with Crippen LogP contribution >= 0.6 is 9.24 Å². The first kappa shape index (κ1) is 13.4. The van der Waals surface area contributed by atoms with Gasteiger partial charge in [-0.05, 0) is 49.5 Å². The van der Waals surface area contributed by atoms with E-state index in [9.17, 15) is 4.79 Å². The normalized spacial score (nSPS) is 12.6. The molecular weight excluding hydrogens is 215 g/mol. The monoisotopic (exact) mass is 236 g/mol. The SMILES string of the molecule is Cc1ccc(C)c(C(=O)CCC(C)P)c1C. The third-order valence-corrected chi connectivity index (χ3v) is 3.38. The lowest BCUT2D eigenvalue weighted by Crippen LogP contribution is -2.07. The van der Waals surface area contributed by atoms with E-state index in [0.29, 0.717) is 12.1 Å². The van der Waals surface area contributed by atoms with Crippen molar-refractivity contribution in [2.45, 2.75) is 46.2 Å². The molecule has 0 bridgehead atoms. The number of hydrogen-bond acceptors (Lipinski definition) is 1. The summed E-state index contributed by atoms with van der Waals surface area (Å²) in [6.45, 7) is 8.24. The van der Waals surface area contributed by atoms with E-state index in [2.05, 4.69) is 29.2 Å².